The van der Waals surface area contributed by atoms with Gasteiger partial charge in [0.25, 0.3) is 5.56 Å². The molecule has 0 bridgehead atoms. The predicted molar refractivity (Wildman–Crippen MR) is 126 cm³/mol. The summed E-state index contributed by atoms with van der Waals surface area (Å²) >= 11 is 0. The number of rotatable bonds is 6. The van der Waals surface area contributed by atoms with Gasteiger partial charge in [0.05, 0.1) is 17.6 Å². The first kappa shape index (κ1) is 21.5. The zero-order valence-corrected chi connectivity index (χ0v) is 18.8. The van der Waals surface area contributed by atoms with Gasteiger partial charge in [-0.05, 0) is 48.6 Å². The highest BCUT2D eigenvalue weighted by Gasteiger charge is 2.20. The van der Waals surface area contributed by atoms with Crippen LogP contribution in [0.4, 0.5) is 5.69 Å². The third kappa shape index (κ3) is 4.06. The number of nitrogens with one attached hydrogen (secondary N) is 1. The fourth-order valence-electron chi connectivity index (χ4n) is 3.77. The standard InChI is InChI=1S/C25H27N5O2/c1-5-18-10-12-19(13-11-18)27-22(31)15-29-25(32)24-20(23(28-29)16(2)3)14-26-30(24)21-9-7-6-8-17(21)4/h6-14,16H,5,15H2,1-4H3,(H,27,31). The second-order valence-electron chi connectivity index (χ2n) is 8.21. The van der Waals surface area contributed by atoms with Crippen molar-refractivity contribution in [3.8, 4) is 5.69 Å². The topological polar surface area (TPSA) is 81.8 Å². The molecule has 0 radical (unpaired) electrons. The molecular weight excluding hydrogens is 402 g/mol. The fraction of sp³-hybridized carbons (Fsp3) is 0.280. The van der Waals surface area contributed by atoms with Crippen LogP contribution in [0.5, 0.6) is 0 Å². The minimum atomic E-state index is -0.346. The Kier molecular flexibility index (Phi) is 5.90. The Morgan fingerprint density at radius 3 is 2.47 bits per heavy atom. The van der Waals surface area contributed by atoms with Crippen molar-refractivity contribution >= 4 is 22.5 Å². The lowest BCUT2D eigenvalue weighted by Gasteiger charge is -2.13. The number of fused-ring (bicyclic) bond motifs is 1. The van der Waals surface area contributed by atoms with E-state index in [1.807, 2.05) is 69.3 Å². The number of aromatic nitrogens is 4. The Balaban J connectivity index is 1.75. The van der Waals surface area contributed by atoms with Crippen molar-refractivity contribution in [1.82, 2.24) is 19.6 Å². The van der Waals surface area contributed by atoms with E-state index in [4.69, 9.17) is 0 Å². The zero-order valence-electron chi connectivity index (χ0n) is 18.8. The van der Waals surface area contributed by atoms with E-state index in [0.717, 1.165) is 23.4 Å². The van der Waals surface area contributed by atoms with E-state index in [1.165, 1.54) is 10.2 Å². The van der Waals surface area contributed by atoms with Gasteiger partial charge in [-0.15, -0.1) is 0 Å². The maximum atomic E-state index is 13.4. The van der Waals surface area contributed by atoms with E-state index in [0.29, 0.717) is 16.6 Å². The molecule has 7 heteroatoms. The highest BCUT2D eigenvalue weighted by Crippen LogP contribution is 2.24. The molecule has 2 aromatic heterocycles. The Morgan fingerprint density at radius 2 is 1.81 bits per heavy atom. The molecule has 4 rings (SSSR count). The third-order valence-corrected chi connectivity index (χ3v) is 5.54. The van der Waals surface area contributed by atoms with Crippen LogP contribution in [-0.4, -0.2) is 25.5 Å². The molecule has 0 saturated heterocycles. The van der Waals surface area contributed by atoms with E-state index in [-0.39, 0.29) is 23.9 Å². The average molecular weight is 430 g/mol. The first-order valence-electron chi connectivity index (χ1n) is 10.8. The molecule has 7 nitrogen and oxygen atoms in total. The van der Waals surface area contributed by atoms with Crippen LogP contribution < -0.4 is 10.9 Å². The minimum absolute atomic E-state index is 0.0588. The van der Waals surface area contributed by atoms with Gasteiger partial charge < -0.3 is 5.32 Å². The van der Waals surface area contributed by atoms with Gasteiger partial charge in [-0.2, -0.15) is 10.2 Å². The Hall–Kier alpha value is -3.74. The van der Waals surface area contributed by atoms with Crippen LogP contribution in [0.3, 0.4) is 0 Å². The maximum Gasteiger partial charge on any atom is 0.293 e. The van der Waals surface area contributed by atoms with Crippen molar-refractivity contribution in [3.63, 3.8) is 0 Å². The maximum absolute atomic E-state index is 13.4. The van der Waals surface area contributed by atoms with Gasteiger partial charge in [0, 0.05) is 11.1 Å². The van der Waals surface area contributed by atoms with Crippen LogP contribution in [0.1, 0.15) is 43.5 Å². The number of hydrogen-bond donors (Lipinski definition) is 1. The number of aryl methyl sites for hydroxylation is 2. The van der Waals surface area contributed by atoms with Crippen molar-refractivity contribution in [2.24, 2.45) is 0 Å². The van der Waals surface area contributed by atoms with Crippen molar-refractivity contribution in [2.75, 3.05) is 5.32 Å². The largest absolute Gasteiger partial charge is 0.324 e. The molecule has 0 atom stereocenters. The van der Waals surface area contributed by atoms with Crippen LogP contribution in [0.25, 0.3) is 16.6 Å². The fourth-order valence-corrected chi connectivity index (χ4v) is 3.77. The molecule has 0 fully saturated rings. The number of benzene rings is 2. The first-order chi connectivity index (χ1) is 15.4. The molecule has 0 aliphatic rings. The smallest absolute Gasteiger partial charge is 0.293 e. The number of carbonyl (C=O) groups is 1. The molecule has 2 heterocycles. The summed E-state index contributed by atoms with van der Waals surface area (Å²) in [6.45, 7) is 7.90. The zero-order chi connectivity index (χ0) is 22.8. The van der Waals surface area contributed by atoms with Gasteiger partial charge >= 0.3 is 0 Å². The molecule has 1 amide bonds. The average Bonchev–Trinajstić information content (AvgIpc) is 3.21. The van der Waals surface area contributed by atoms with Crippen LogP contribution in [0.2, 0.25) is 0 Å². The highest BCUT2D eigenvalue weighted by molar-refractivity contribution is 5.90. The van der Waals surface area contributed by atoms with E-state index >= 15 is 0 Å². The number of para-hydroxylation sites is 1. The summed E-state index contributed by atoms with van der Waals surface area (Å²) in [5, 5.41) is 12.6. The predicted octanol–water partition coefficient (Wildman–Crippen LogP) is 4.22. The van der Waals surface area contributed by atoms with E-state index < -0.39 is 0 Å². The van der Waals surface area contributed by atoms with Gasteiger partial charge in [-0.1, -0.05) is 51.1 Å². The summed E-state index contributed by atoms with van der Waals surface area (Å²) in [6, 6.07) is 15.4. The Labute approximate surface area is 186 Å². The molecule has 1 N–H and O–H groups in total. The van der Waals surface area contributed by atoms with Crippen LogP contribution in [0.15, 0.2) is 59.5 Å². The second-order valence-corrected chi connectivity index (χ2v) is 8.21. The van der Waals surface area contributed by atoms with Crippen molar-refractivity contribution in [1.29, 1.82) is 0 Å². The van der Waals surface area contributed by atoms with Crippen molar-refractivity contribution < 1.29 is 4.79 Å². The molecule has 32 heavy (non-hydrogen) atoms. The lowest BCUT2D eigenvalue weighted by Crippen LogP contribution is -2.31. The van der Waals surface area contributed by atoms with E-state index in [2.05, 4.69) is 22.4 Å². The molecule has 0 saturated carbocycles. The number of nitrogens with zero attached hydrogens (tertiary/aromatic N) is 4. The minimum Gasteiger partial charge on any atom is -0.324 e. The van der Waals surface area contributed by atoms with Crippen LogP contribution in [0, 0.1) is 6.92 Å². The first-order valence-corrected chi connectivity index (χ1v) is 10.8. The lowest BCUT2D eigenvalue weighted by molar-refractivity contribution is -0.117. The lowest BCUT2D eigenvalue weighted by atomic mass is 10.1. The quantitative estimate of drug-likeness (QED) is 0.498. The van der Waals surface area contributed by atoms with Crippen LogP contribution >= 0.6 is 0 Å². The summed E-state index contributed by atoms with van der Waals surface area (Å²) in [5.41, 5.74) is 4.53. The van der Waals surface area contributed by atoms with Crippen LogP contribution in [-0.2, 0) is 17.8 Å². The normalized spacial score (nSPS) is 11.3. The number of amides is 1. The van der Waals surface area contributed by atoms with Gasteiger partial charge in [0.15, 0.2) is 0 Å². The molecule has 0 unspecified atom stereocenters. The van der Waals surface area contributed by atoms with Crippen molar-refractivity contribution in [2.45, 2.75) is 46.6 Å². The molecular formula is C25H27N5O2. The summed E-state index contributed by atoms with van der Waals surface area (Å²) in [7, 11) is 0. The van der Waals surface area contributed by atoms with Gasteiger partial charge in [-0.25, -0.2) is 9.36 Å². The molecule has 164 valence electrons. The number of carbonyl (C=O) groups excluding carboxylic acids is 1. The SMILES string of the molecule is CCc1ccc(NC(=O)Cn2nc(C(C)C)c3cnn(-c4ccccc4C)c3c2=O)cc1. The highest BCUT2D eigenvalue weighted by atomic mass is 16.2. The Morgan fingerprint density at radius 1 is 1.09 bits per heavy atom. The molecule has 2 aromatic carbocycles. The van der Waals surface area contributed by atoms with Gasteiger partial charge in [0.2, 0.25) is 5.91 Å². The van der Waals surface area contributed by atoms with E-state index in [1.54, 1.807) is 10.9 Å². The molecule has 0 aliphatic heterocycles. The second kappa shape index (κ2) is 8.78. The molecule has 0 spiro atoms. The molecule has 0 aliphatic carbocycles. The number of hydrogen-bond acceptors (Lipinski definition) is 4. The van der Waals surface area contributed by atoms with E-state index in [9.17, 15) is 9.59 Å². The summed E-state index contributed by atoms with van der Waals surface area (Å²) in [4.78, 5) is 26.1. The van der Waals surface area contributed by atoms with Gasteiger partial charge in [0.1, 0.15) is 12.1 Å². The monoisotopic (exact) mass is 429 g/mol. The van der Waals surface area contributed by atoms with Crippen molar-refractivity contribution in [3.05, 3.63) is 81.9 Å². The summed E-state index contributed by atoms with van der Waals surface area (Å²) in [5.74, 6) is -0.247. The Bertz CT molecular complexity index is 1330. The number of anilines is 1. The third-order valence-electron chi connectivity index (χ3n) is 5.54. The summed E-state index contributed by atoms with van der Waals surface area (Å²) < 4.78 is 2.89. The summed E-state index contributed by atoms with van der Waals surface area (Å²) in [6.07, 6.45) is 2.62. The van der Waals surface area contributed by atoms with Gasteiger partial charge in [-0.3, -0.25) is 9.59 Å². The molecule has 4 aromatic rings.